The lowest BCUT2D eigenvalue weighted by molar-refractivity contribution is -0.154. The third-order valence-electron chi connectivity index (χ3n) is 8.83. The Bertz CT molecular complexity index is 854. The fourth-order valence-electron chi connectivity index (χ4n) is 5.57. The topological polar surface area (TPSA) is 186 Å². The summed E-state index contributed by atoms with van der Waals surface area (Å²) in [6.07, 6.45) is 37.7. The summed E-state index contributed by atoms with van der Waals surface area (Å²) >= 11 is 0. The average molecular weight is 766 g/mol. The number of hydrogen-bond acceptors (Lipinski definition) is 8. The molecule has 0 heterocycles. The Morgan fingerprint density at radius 3 is 1.42 bits per heavy atom. The van der Waals surface area contributed by atoms with Gasteiger partial charge in [0.15, 0.2) is 0 Å². The van der Waals surface area contributed by atoms with Crippen molar-refractivity contribution in [3.63, 3.8) is 0 Å². The van der Waals surface area contributed by atoms with Gasteiger partial charge in [0.1, 0.15) is 12.1 Å². The second kappa shape index (κ2) is 40.8. The maximum atomic E-state index is 12.3. The number of aliphatic hydroxyl groups is 1. The van der Waals surface area contributed by atoms with Crippen LogP contribution in [0, 0.1) is 0 Å². The number of aliphatic hydroxyl groups excluding tert-OH is 1. The van der Waals surface area contributed by atoms with Crippen molar-refractivity contribution in [1.82, 2.24) is 0 Å². The first-order valence-electron chi connectivity index (χ1n) is 20.8. The Morgan fingerprint density at radius 1 is 0.635 bits per heavy atom. The summed E-state index contributed by atoms with van der Waals surface area (Å²) in [5, 5.41) is 15.9. The zero-order chi connectivity index (χ0) is 39.0. The van der Waals surface area contributed by atoms with Crippen LogP contribution in [0.25, 0.3) is 0 Å². The molecule has 6 N–H and O–H groups in total. The van der Waals surface area contributed by atoms with E-state index in [9.17, 15) is 14.2 Å². The Labute approximate surface area is 317 Å². The monoisotopic (exact) mass is 766 g/mol. The van der Waals surface area contributed by atoms with Crippen molar-refractivity contribution in [2.75, 3.05) is 26.4 Å². The number of hydrogen-bond donors (Lipinski definition) is 5. The summed E-state index contributed by atoms with van der Waals surface area (Å²) in [5.41, 5.74) is 4.77. The summed E-state index contributed by atoms with van der Waals surface area (Å²) in [5.74, 6) is -1.55. The van der Waals surface area contributed by atoms with Crippen molar-refractivity contribution in [3.05, 3.63) is 12.2 Å². The number of carboxylic acids is 1. The smallest absolute Gasteiger partial charge is 0.469 e. The molecule has 0 fully saturated rings. The van der Waals surface area contributed by atoms with Gasteiger partial charge in [-0.25, -0.2) is 4.57 Å². The molecule has 0 aromatic carbocycles. The minimum absolute atomic E-state index is 0.0799. The number of nitrogens with two attached hydrogens (primary N) is 1. The zero-order valence-electron chi connectivity index (χ0n) is 33.2. The van der Waals surface area contributed by atoms with E-state index in [-0.39, 0.29) is 19.2 Å². The predicted molar refractivity (Wildman–Crippen MR) is 211 cm³/mol. The summed E-state index contributed by atoms with van der Waals surface area (Å²) in [6.45, 7) is 4.25. The van der Waals surface area contributed by atoms with E-state index < -0.39 is 32.5 Å². The van der Waals surface area contributed by atoms with E-state index >= 15 is 0 Å². The van der Waals surface area contributed by atoms with Crippen molar-refractivity contribution in [3.8, 4) is 0 Å². The van der Waals surface area contributed by atoms with Gasteiger partial charge >= 0.3 is 19.8 Å². The lowest BCUT2D eigenvalue weighted by atomic mass is 10.0. The summed E-state index contributed by atoms with van der Waals surface area (Å²) in [6, 6.07) is -1.13. The Hall–Kier alpha value is -1.33. The van der Waals surface area contributed by atoms with E-state index in [0.29, 0.717) is 13.0 Å². The van der Waals surface area contributed by atoms with Gasteiger partial charge in [0.25, 0.3) is 0 Å². The van der Waals surface area contributed by atoms with Crippen LogP contribution in [0.2, 0.25) is 0 Å². The van der Waals surface area contributed by atoms with Crippen molar-refractivity contribution in [2.45, 2.75) is 206 Å². The fraction of sp³-hybridized carbons (Fsp3) is 0.900. The third kappa shape index (κ3) is 44.8. The number of phosphoric ester groups is 1. The molecular formula is C40H80NO10P. The van der Waals surface area contributed by atoms with E-state index in [1.54, 1.807) is 0 Å². The lowest BCUT2D eigenvalue weighted by Gasteiger charge is -2.18. The molecule has 0 aliphatic carbocycles. The van der Waals surface area contributed by atoms with Crippen LogP contribution in [0.15, 0.2) is 12.2 Å². The van der Waals surface area contributed by atoms with Crippen molar-refractivity contribution >= 4 is 19.8 Å². The van der Waals surface area contributed by atoms with E-state index in [0.717, 1.165) is 44.9 Å². The highest BCUT2D eigenvalue weighted by Crippen LogP contribution is 2.36. The first-order chi connectivity index (χ1) is 25.1. The minimum Gasteiger partial charge on any atom is -0.480 e. The van der Waals surface area contributed by atoms with Crippen LogP contribution in [0.5, 0.6) is 0 Å². The second-order valence-electron chi connectivity index (χ2n) is 14.0. The number of ether oxygens (including phenoxy) is 2. The van der Waals surface area contributed by atoms with Crippen molar-refractivity contribution in [2.24, 2.45) is 5.73 Å². The highest BCUT2D eigenvalue weighted by molar-refractivity contribution is 7.46. The largest absolute Gasteiger partial charge is 0.480 e. The molecule has 52 heavy (non-hydrogen) atoms. The molecule has 0 aliphatic rings. The maximum Gasteiger partial charge on any atom is 0.469 e. The normalized spacial score (nSPS) is 12.8. The summed E-state index contributed by atoms with van der Waals surface area (Å²) in [7, 11) is -4.64. The van der Waals surface area contributed by atoms with Gasteiger partial charge in [0.2, 0.25) is 0 Å². The van der Waals surface area contributed by atoms with Gasteiger partial charge < -0.3 is 35.2 Å². The highest BCUT2D eigenvalue weighted by atomic mass is 31.2. The van der Waals surface area contributed by atoms with Gasteiger partial charge in [0, 0.05) is 13.0 Å². The first kappa shape index (κ1) is 52.8. The molecule has 0 saturated carbocycles. The molecule has 310 valence electrons. The van der Waals surface area contributed by atoms with Gasteiger partial charge in [-0.05, 0) is 38.5 Å². The molecule has 0 spiro atoms. The number of carboxylic acid groups (broad SMARTS) is 1. The summed E-state index contributed by atoms with van der Waals surface area (Å²) in [4.78, 5) is 40.1. The molecule has 0 bridgehead atoms. The Kier molecular flexibility index (Phi) is 41.5. The number of carbonyl (C=O) groups excluding carboxylic acids is 1. The first-order valence-corrected chi connectivity index (χ1v) is 22.3. The standard InChI is InChI=1S/C37H73O7P.C3H7NO3/c1-3-5-7-9-11-13-15-17-19-20-22-24-26-28-30-32-37(38)44-36(35-43-45(39,40)41)34-42-33-31-29-27-25-23-21-18-16-14-12-10-8-6-4-2;4-2(1-5)3(6)7/h17,19,36H,3-16,18,20-35H2,1-2H3,(H2,39,40,41);2,5H,1,4H2,(H,6,7)/b19-17-;. The van der Waals surface area contributed by atoms with Gasteiger partial charge in [-0.2, -0.15) is 0 Å². The number of carbonyl (C=O) groups is 2. The molecule has 0 saturated heterocycles. The molecule has 0 aliphatic heterocycles. The van der Waals surface area contributed by atoms with Crippen molar-refractivity contribution < 1.29 is 48.2 Å². The molecule has 0 amide bonds. The Morgan fingerprint density at radius 2 is 1.04 bits per heavy atom. The van der Waals surface area contributed by atoms with Crippen LogP contribution in [0.4, 0.5) is 0 Å². The van der Waals surface area contributed by atoms with Crippen LogP contribution >= 0.6 is 7.82 Å². The number of rotatable bonds is 38. The van der Waals surface area contributed by atoms with Gasteiger partial charge in [-0.1, -0.05) is 161 Å². The molecule has 0 radical (unpaired) electrons. The molecule has 0 aromatic rings. The molecule has 2 unspecified atom stereocenters. The summed E-state index contributed by atoms with van der Waals surface area (Å²) < 4.78 is 26.9. The number of unbranched alkanes of at least 4 members (excludes halogenated alkanes) is 24. The number of allylic oxidation sites excluding steroid dienone is 2. The third-order valence-corrected chi connectivity index (χ3v) is 9.31. The lowest BCUT2D eigenvalue weighted by Crippen LogP contribution is -2.33. The molecule has 12 heteroatoms. The number of esters is 1. The van der Waals surface area contributed by atoms with Crippen LogP contribution in [0.3, 0.4) is 0 Å². The molecule has 0 aromatic heterocycles. The van der Waals surface area contributed by atoms with E-state index in [1.165, 1.54) is 128 Å². The minimum atomic E-state index is -4.64. The molecular weight excluding hydrogens is 685 g/mol. The second-order valence-corrected chi connectivity index (χ2v) is 15.3. The molecule has 2 atom stereocenters. The SMILES string of the molecule is CCCCCCCC/C=C\CCCCCCCC(=O)OC(COCCCCCCCCCCCCCCCC)COP(=O)(O)O.NC(CO)C(=O)O. The van der Waals surface area contributed by atoms with E-state index in [4.69, 9.17) is 35.2 Å². The van der Waals surface area contributed by atoms with E-state index in [2.05, 4.69) is 30.5 Å². The highest BCUT2D eigenvalue weighted by Gasteiger charge is 2.21. The van der Waals surface area contributed by atoms with Gasteiger partial charge in [-0.3, -0.25) is 14.1 Å². The van der Waals surface area contributed by atoms with Gasteiger partial charge in [-0.15, -0.1) is 0 Å². The zero-order valence-corrected chi connectivity index (χ0v) is 34.1. The fourth-order valence-corrected chi connectivity index (χ4v) is 5.93. The quantitative estimate of drug-likeness (QED) is 0.0174. The predicted octanol–water partition coefficient (Wildman–Crippen LogP) is 9.93. The van der Waals surface area contributed by atoms with Crippen LogP contribution in [0.1, 0.15) is 194 Å². The number of aliphatic carboxylic acids is 1. The average Bonchev–Trinajstić information content (AvgIpc) is 3.11. The van der Waals surface area contributed by atoms with Crippen LogP contribution < -0.4 is 5.73 Å². The van der Waals surface area contributed by atoms with Crippen molar-refractivity contribution in [1.29, 1.82) is 0 Å². The molecule has 0 rings (SSSR count). The van der Waals surface area contributed by atoms with Crippen LogP contribution in [-0.4, -0.2) is 70.5 Å². The number of phosphoric acid groups is 1. The van der Waals surface area contributed by atoms with E-state index in [1.807, 2.05) is 0 Å². The Balaban J connectivity index is 0. The molecule has 11 nitrogen and oxygen atoms in total. The maximum absolute atomic E-state index is 12.3. The van der Waals surface area contributed by atoms with Gasteiger partial charge in [0.05, 0.1) is 19.8 Å². The van der Waals surface area contributed by atoms with Crippen LogP contribution in [-0.2, 0) is 28.2 Å².